The third kappa shape index (κ3) is 3.50. The first kappa shape index (κ1) is 18.2. The van der Waals surface area contributed by atoms with Crippen LogP contribution in [-0.2, 0) is 6.42 Å². The standard InChI is InChI=1S/C22H23N3O3/c1-14-10-17-13-23-24-20(17)19(11-14)21(26)25-8-6-15(7-9-25)12-16-4-2-3-5-18(16)22(27)28/h2-5,10-11,13,15H,6-9,12H2,1H3,(H,23,24)(H,27,28). The van der Waals surface area contributed by atoms with Crippen LogP contribution in [0, 0.1) is 12.8 Å². The van der Waals surface area contributed by atoms with Crippen molar-refractivity contribution in [3.8, 4) is 0 Å². The number of aromatic carboxylic acids is 1. The molecule has 0 spiro atoms. The van der Waals surface area contributed by atoms with Crippen LogP contribution in [0.15, 0.2) is 42.6 Å². The van der Waals surface area contributed by atoms with Gasteiger partial charge in [0.05, 0.1) is 22.8 Å². The van der Waals surface area contributed by atoms with Gasteiger partial charge in [0.15, 0.2) is 0 Å². The number of nitrogens with zero attached hydrogens (tertiary/aromatic N) is 2. The van der Waals surface area contributed by atoms with Gasteiger partial charge in [-0.05, 0) is 61.4 Å². The number of carbonyl (C=O) groups is 2. The number of nitrogens with one attached hydrogen (secondary N) is 1. The summed E-state index contributed by atoms with van der Waals surface area (Å²) in [5.74, 6) is -0.470. The highest BCUT2D eigenvalue weighted by Crippen LogP contribution is 2.26. The van der Waals surface area contributed by atoms with E-state index in [-0.39, 0.29) is 5.91 Å². The van der Waals surface area contributed by atoms with Crippen LogP contribution in [0.4, 0.5) is 0 Å². The zero-order valence-corrected chi connectivity index (χ0v) is 15.8. The van der Waals surface area contributed by atoms with Gasteiger partial charge in [-0.1, -0.05) is 18.2 Å². The lowest BCUT2D eigenvalue weighted by Gasteiger charge is -2.32. The zero-order chi connectivity index (χ0) is 19.7. The number of H-pyrrole nitrogens is 1. The molecule has 0 radical (unpaired) electrons. The topological polar surface area (TPSA) is 86.3 Å². The molecule has 1 aliphatic heterocycles. The van der Waals surface area contributed by atoms with Crippen LogP contribution in [0.5, 0.6) is 0 Å². The number of carboxylic acids is 1. The average molecular weight is 377 g/mol. The number of carboxylic acid groups (broad SMARTS) is 1. The van der Waals surface area contributed by atoms with Gasteiger partial charge >= 0.3 is 5.97 Å². The lowest BCUT2D eigenvalue weighted by atomic mass is 9.88. The second kappa shape index (κ2) is 7.46. The van der Waals surface area contributed by atoms with Crippen LogP contribution in [-0.4, -0.2) is 45.2 Å². The third-order valence-electron chi connectivity index (χ3n) is 5.58. The highest BCUT2D eigenvalue weighted by molar-refractivity contribution is 6.05. The Hall–Kier alpha value is -3.15. The van der Waals surface area contributed by atoms with Crippen LogP contribution in [0.2, 0.25) is 0 Å². The number of piperidine rings is 1. The molecule has 2 aromatic carbocycles. The van der Waals surface area contributed by atoms with E-state index in [9.17, 15) is 14.7 Å². The molecule has 1 saturated heterocycles. The maximum Gasteiger partial charge on any atom is 0.335 e. The molecule has 3 aromatic rings. The molecule has 0 atom stereocenters. The van der Waals surface area contributed by atoms with Gasteiger partial charge in [0, 0.05) is 18.5 Å². The van der Waals surface area contributed by atoms with Crippen molar-refractivity contribution in [3.05, 3.63) is 64.8 Å². The number of aromatic amines is 1. The Balaban J connectivity index is 1.45. The molecule has 0 aliphatic carbocycles. The number of aromatic nitrogens is 2. The predicted molar refractivity (Wildman–Crippen MR) is 107 cm³/mol. The average Bonchev–Trinajstić information content (AvgIpc) is 3.16. The number of aryl methyl sites for hydroxylation is 1. The molecule has 144 valence electrons. The summed E-state index contributed by atoms with van der Waals surface area (Å²) in [6.07, 6.45) is 4.22. The summed E-state index contributed by atoms with van der Waals surface area (Å²) in [4.78, 5) is 26.4. The molecule has 1 fully saturated rings. The minimum Gasteiger partial charge on any atom is -0.478 e. The van der Waals surface area contributed by atoms with E-state index in [1.807, 2.05) is 36.1 Å². The van der Waals surface area contributed by atoms with Crippen molar-refractivity contribution < 1.29 is 14.7 Å². The van der Waals surface area contributed by atoms with E-state index in [1.165, 1.54) is 0 Å². The van der Waals surface area contributed by atoms with Crippen LogP contribution < -0.4 is 0 Å². The number of amides is 1. The summed E-state index contributed by atoms with van der Waals surface area (Å²) in [7, 11) is 0. The Morgan fingerprint density at radius 1 is 1.18 bits per heavy atom. The third-order valence-corrected chi connectivity index (χ3v) is 5.58. The number of hydrogen-bond donors (Lipinski definition) is 2. The second-order valence-corrected chi connectivity index (χ2v) is 7.55. The Labute approximate surface area is 163 Å². The second-order valence-electron chi connectivity index (χ2n) is 7.55. The molecular weight excluding hydrogens is 354 g/mol. The lowest BCUT2D eigenvalue weighted by Crippen LogP contribution is -2.39. The summed E-state index contributed by atoms with van der Waals surface area (Å²) >= 11 is 0. The maximum atomic E-state index is 13.1. The Bertz CT molecular complexity index is 1030. The molecule has 1 aliphatic rings. The molecule has 1 aromatic heterocycles. The highest BCUT2D eigenvalue weighted by Gasteiger charge is 2.26. The SMILES string of the molecule is Cc1cc(C(=O)N2CCC(Cc3ccccc3C(=O)O)CC2)c2[nH]ncc2c1. The Morgan fingerprint density at radius 3 is 2.68 bits per heavy atom. The van der Waals surface area contributed by atoms with Gasteiger partial charge in [-0.25, -0.2) is 4.79 Å². The molecule has 0 saturated carbocycles. The smallest absolute Gasteiger partial charge is 0.335 e. The molecule has 2 N–H and O–H groups in total. The summed E-state index contributed by atoms with van der Waals surface area (Å²) in [6.45, 7) is 3.35. The first-order valence-electron chi connectivity index (χ1n) is 9.57. The van der Waals surface area contributed by atoms with Gasteiger partial charge in [0.1, 0.15) is 0 Å². The molecule has 6 nitrogen and oxygen atoms in total. The van der Waals surface area contributed by atoms with E-state index in [4.69, 9.17) is 0 Å². The fraction of sp³-hybridized carbons (Fsp3) is 0.318. The molecule has 4 rings (SSSR count). The van der Waals surface area contributed by atoms with Crippen molar-refractivity contribution in [2.24, 2.45) is 5.92 Å². The zero-order valence-electron chi connectivity index (χ0n) is 15.8. The summed E-state index contributed by atoms with van der Waals surface area (Å²) in [6, 6.07) is 11.1. The molecule has 0 bridgehead atoms. The highest BCUT2D eigenvalue weighted by atomic mass is 16.4. The first-order chi connectivity index (χ1) is 13.5. The largest absolute Gasteiger partial charge is 0.478 e. The molecule has 6 heteroatoms. The molecule has 2 heterocycles. The van der Waals surface area contributed by atoms with E-state index in [0.717, 1.165) is 41.3 Å². The van der Waals surface area contributed by atoms with Gasteiger partial charge in [0.2, 0.25) is 0 Å². The summed E-state index contributed by atoms with van der Waals surface area (Å²) in [5, 5.41) is 17.3. The minimum absolute atomic E-state index is 0.0299. The van der Waals surface area contributed by atoms with Crippen LogP contribution in [0.25, 0.3) is 10.9 Å². The number of fused-ring (bicyclic) bond motifs is 1. The van der Waals surface area contributed by atoms with E-state index >= 15 is 0 Å². The van der Waals surface area contributed by atoms with Crippen molar-refractivity contribution in [1.29, 1.82) is 0 Å². The number of hydrogen-bond acceptors (Lipinski definition) is 3. The van der Waals surface area contributed by atoms with E-state index in [1.54, 1.807) is 18.3 Å². The van der Waals surface area contributed by atoms with E-state index < -0.39 is 5.97 Å². The molecule has 28 heavy (non-hydrogen) atoms. The predicted octanol–water partition coefficient (Wildman–Crippen LogP) is 3.66. The lowest BCUT2D eigenvalue weighted by molar-refractivity contribution is 0.0692. The summed E-state index contributed by atoms with van der Waals surface area (Å²) in [5.41, 5.74) is 3.74. The summed E-state index contributed by atoms with van der Waals surface area (Å²) < 4.78 is 0. The number of carbonyl (C=O) groups excluding carboxylic acids is 1. The van der Waals surface area contributed by atoms with Crippen molar-refractivity contribution in [1.82, 2.24) is 15.1 Å². The van der Waals surface area contributed by atoms with Gasteiger partial charge in [-0.2, -0.15) is 5.10 Å². The van der Waals surface area contributed by atoms with E-state index in [2.05, 4.69) is 10.2 Å². The van der Waals surface area contributed by atoms with Gasteiger partial charge < -0.3 is 10.0 Å². The van der Waals surface area contributed by atoms with E-state index in [0.29, 0.717) is 30.1 Å². The van der Waals surface area contributed by atoms with Crippen molar-refractivity contribution in [2.75, 3.05) is 13.1 Å². The first-order valence-corrected chi connectivity index (χ1v) is 9.57. The fourth-order valence-electron chi connectivity index (χ4n) is 4.10. The minimum atomic E-state index is -0.883. The fourth-order valence-corrected chi connectivity index (χ4v) is 4.10. The van der Waals surface area contributed by atoms with Gasteiger partial charge in [0.25, 0.3) is 5.91 Å². The van der Waals surface area contributed by atoms with Crippen LogP contribution >= 0.6 is 0 Å². The quantitative estimate of drug-likeness (QED) is 0.726. The number of rotatable bonds is 4. The number of benzene rings is 2. The van der Waals surface area contributed by atoms with Gasteiger partial charge in [-0.15, -0.1) is 0 Å². The van der Waals surface area contributed by atoms with Crippen molar-refractivity contribution >= 4 is 22.8 Å². The monoisotopic (exact) mass is 377 g/mol. The van der Waals surface area contributed by atoms with Crippen LogP contribution in [0.1, 0.15) is 44.7 Å². The van der Waals surface area contributed by atoms with Gasteiger partial charge in [-0.3, -0.25) is 9.89 Å². The normalized spacial score (nSPS) is 15.1. The maximum absolute atomic E-state index is 13.1. The van der Waals surface area contributed by atoms with Crippen molar-refractivity contribution in [2.45, 2.75) is 26.2 Å². The van der Waals surface area contributed by atoms with Crippen LogP contribution in [0.3, 0.4) is 0 Å². The molecule has 0 unspecified atom stereocenters. The molecule has 1 amide bonds. The molecular formula is C22H23N3O3. The Morgan fingerprint density at radius 2 is 1.93 bits per heavy atom. The van der Waals surface area contributed by atoms with Crippen molar-refractivity contribution in [3.63, 3.8) is 0 Å². The Kier molecular flexibility index (Phi) is 4.86. The number of likely N-dealkylation sites (tertiary alicyclic amines) is 1.